The summed E-state index contributed by atoms with van der Waals surface area (Å²) in [7, 11) is 0. The third-order valence-electron chi connectivity index (χ3n) is 9.08. The lowest BCUT2D eigenvalue weighted by atomic mass is 9.12. The normalized spacial score (nSPS) is 11.4. The molecule has 6 rings (SSSR count). The van der Waals surface area contributed by atoms with Crippen LogP contribution in [0.5, 0.6) is 5.88 Å². The van der Waals surface area contributed by atoms with Gasteiger partial charge >= 0.3 is 0 Å². The maximum absolute atomic E-state index is 15.4. The lowest BCUT2D eigenvalue weighted by Gasteiger charge is -2.44. The van der Waals surface area contributed by atoms with Crippen LogP contribution >= 0.6 is 12.6 Å². The summed E-state index contributed by atoms with van der Waals surface area (Å²) in [5.74, 6) is -70.7. The maximum atomic E-state index is 15.4. The minimum absolute atomic E-state index is 0.0450. The zero-order valence-corrected chi connectivity index (χ0v) is 30.7. The molecular weight excluding hydrogens is 927 g/mol. The Morgan fingerprint density at radius 1 is 0.476 bits per heavy atom. The fourth-order valence-electron chi connectivity index (χ4n) is 6.41. The van der Waals surface area contributed by atoms with Crippen LogP contribution in [0, 0.1) is 116 Å². The van der Waals surface area contributed by atoms with E-state index in [4.69, 9.17) is 4.74 Å². The number of rotatable bonds is 9. The highest BCUT2D eigenvalue weighted by Gasteiger charge is 2.52. The fraction of sp³-hybridized carbons (Fsp3) is 0.0541. The number of ketones is 1. The molecule has 0 fully saturated rings. The minimum Gasteiger partial charge on any atom is -0.463 e. The zero-order chi connectivity index (χ0) is 47.2. The third kappa shape index (κ3) is 7.88. The predicted octanol–water partition coefficient (Wildman–Crippen LogP) is 7.36. The van der Waals surface area contributed by atoms with Gasteiger partial charge in [0.05, 0.1) is 6.20 Å². The Labute approximate surface area is 342 Å². The second-order valence-electron chi connectivity index (χ2n) is 12.4. The molecule has 63 heavy (non-hydrogen) atoms. The van der Waals surface area contributed by atoms with Crippen LogP contribution in [-0.4, -0.2) is 22.9 Å². The van der Waals surface area contributed by atoms with E-state index in [1.807, 2.05) is 18.2 Å². The van der Waals surface area contributed by atoms with Crippen molar-refractivity contribution in [3.63, 3.8) is 0 Å². The molecule has 0 aliphatic rings. The molecule has 26 heteroatoms. The molecule has 0 spiro atoms. The van der Waals surface area contributed by atoms with Crippen molar-refractivity contribution < 1.29 is 102 Å². The van der Waals surface area contributed by atoms with E-state index in [1.165, 1.54) is 0 Å². The minimum atomic E-state index is -7.22. The number of thiol groups is 1. The van der Waals surface area contributed by atoms with Crippen LogP contribution in [0.3, 0.4) is 0 Å². The monoisotopic (exact) mass is 940 g/mol. The molecule has 332 valence electrons. The smallest absolute Gasteiger partial charge is 0.280 e. The Hall–Kier alpha value is -6.34. The molecular formula is C37H13BF20N2O2S. The van der Waals surface area contributed by atoms with E-state index in [-0.39, 0.29) is 18.3 Å². The number of benzene rings is 5. The van der Waals surface area contributed by atoms with Crippen molar-refractivity contribution in [1.82, 2.24) is 4.98 Å². The molecule has 4 nitrogen and oxygen atoms in total. The van der Waals surface area contributed by atoms with E-state index in [9.17, 15) is 57.5 Å². The van der Waals surface area contributed by atoms with Gasteiger partial charge in [0.1, 0.15) is 58.6 Å². The van der Waals surface area contributed by atoms with Crippen LogP contribution in [0.4, 0.5) is 87.8 Å². The molecule has 0 bridgehead atoms. The lowest BCUT2D eigenvalue weighted by Crippen LogP contribution is -2.81. The van der Waals surface area contributed by atoms with Crippen molar-refractivity contribution in [3.05, 3.63) is 171 Å². The van der Waals surface area contributed by atoms with Crippen LogP contribution in [0.25, 0.3) is 0 Å². The highest BCUT2D eigenvalue weighted by atomic mass is 32.1. The van der Waals surface area contributed by atoms with Gasteiger partial charge in [0.2, 0.25) is 18.5 Å². The van der Waals surface area contributed by atoms with E-state index >= 15 is 35.1 Å². The summed E-state index contributed by atoms with van der Waals surface area (Å²) >= 11 is 3.95. The van der Waals surface area contributed by atoms with Crippen LogP contribution in [0.1, 0.15) is 10.4 Å². The van der Waals surface area contributed by atoms with Gasteiger partial charge in [-0.05, 0) is 0 Å². The van der Waals surface area contributed by atoms with Crippen LogP contribution in [0.2, 0.25) is 0 Å². The number of aromatic nitrogens is 2. The highest BCUT2D eigenvalue weighted by Crippen LogP contribution is 2.30. The first kappa shape index (κ1) is 47.7. The zero-order valence-electron chi connectivity index (χ0n) is 29.8. The second-order valence-corrected chi connectivity index (χ2v) is 12.7. The van der Waals surface area contributed by atoms with Crippen molar-refractivity contribution >= 4 is 46.4 Å². The molecule has 5 aromatic carbocycles. The Bertz CT molecular complexity index is 2440. The molecule has 0 atom stereocenters. The van der Waals surface area contributed by atoms with Crippen molar-refractivity contribution in [2.75, 3.05) is 5.94 Å². The standard InChI is InChI=1S/C24BF20.C13H12N2O2S/c26-5-1(6(27)14(35)21(42)13(5)34)25(2-7(28)15(36)22(43)16(37)8(2)29,3-9(30)17(38)23(44)18(39)10(3)31)4-11(32)19(40)24(45)20(41)12(4)33;16-12(11-4-2-1-3-5-11)8-15-7-6-14-13(9-15)17-10-18/h;1-7,9H,8,10H2/q-1;/p+1. The third-order valence-corrected chi connectivity index (χ3v) is 9.21. The molecule has 1 aromatic heterocycles. The van der Waals surface area contributed by atoms with E-state index in [0.29, 0.717) is 11.4 Å². The first-order chi connectivity index (χ1) is 29.5. The summed E-state index contributed by atoms with van der Waals surface area (Å²) in [6.07, 6.45) is -2.22. The molecule has 0 amide bonds. The molecule has 0 unspecified atom stereocenters. The number of nitrogens with zero attached hydrogens (tertiary/aromatic N) is 2. The lowest BCUT2D eigenvalue weighted by molar-refractivity contribution is -0.684. The topological polar surface area (TPSA) is 43.1 Å². The molecule has 0 N–H and O–H groups in total. The van der Waals surface area contributed by atoms with E-state index in [1.54, 1.807) is 35.3 Å². The van der Waals surface area contributed by atoms with Crippen molar-refractivity contribution in [1.29, 1.82) is 0 Å². The van der Waals surface area contributed by atoms with E-state index in [2.05, 4.69) is 17.6 Å². The summed E-state index contributed by atoms with van der Waals surface area (Å²) in [6, 6.07) is 9.18. The second kappa shape index (κ2) is 18.2. The molecule has 0 aliphatic carbocycles. The van der Waals surface area contributed by atoms with Gasteiger partial charge in [-0.1, -0.05) is 30.3 Å². The van der Waals surface area contributed by atoms with Crippen molar-refractivity contribution in [3.8, 4) is 5.88 Å². The SMILES string of the molecule is Fc1c(F)c(F)c([B-](c2c(F)c(F)c(F)c(F)c2F)(c2c(F)c(F)c(F)c(F)c2F)c2c(F)c(F)c(F)c(F)c2F)c(F)c1F.O=C(C[n+]1ccnc(OCS)c1)c1ccccc1. The maximum Gasteiger partial charge on any atom is 0.280 e. The number of hydrogen-bond acceptors (Lipinski definition) is 4. The number of hydrogen-bond donors (Lipinski definition) is 1. The Morgan fingerprint density at radius 3 is 1.05 bits per heavy atom. The number of carbonyl (C=O) groups excluding carboxylic acids is 1. The average molecular weight is 940 g/mol. The van der Waals surface area contributed by atoms with Crippen LogP contribution < -0.4 is 31.2 Å². The van der Waals surface area contributed by atoms with E-state index < -0.39 is 144 Å². The Balaban J connectivity index is 0.000000345. The first-order valence-corrected chi connectivity index (χ1v) is 17.0. The molecule has 0 radical (unpaired) electrons. The number of ether oxygens (including phenoxy) is 1. The summed E-state index contributed by atoms with van der Waals surface area (Å²) in [5, 5.41) is 0. The summed E-state index contributed by atoms with van der Waals surface area (Å²) in [5.41, 5.74) is -13.6. The van der Waals surface area contributed by atoms with Crippen LogP contribution in [0.15, 0.2) is 48.9 Å². The van der Waals surface area contributed by atoms with Gasteiger partial charge < -0.3 is 4.74 Å². The van der Waals surface area contributed by atoms with Crippen LogP contribution in [-0.2, 0) is 6.54 Å². The van der Waals surface area contributed by atoms with Gasteiger partial charge in [-0.3, -0.25) is 4.79 Å². The van der Waals surface area contributed by atoms with Gasteiger partial charge in [-0.15, -0.1) is 34.5 Å². The number of halogens is 20. The van der Waals surface area contributed by atoms with Gasteiger partial charge in [0.15, 0.2) is 76.0 Å². The molecule has 6 aromatic rings. The summed E-state index contributed by atoms with van der Waals surface area (Å²) in [6.45, 7) is 0.259. The van der Waals surface area contributed by atoms with Gasteiger partial charge in [-0.2, -0.15) is 4.57 Å². The van der Waals surface area contributed by atoms with Crippen molar-refractivity contribution in [2.45, 2.75) is 6.54 Å². The number of carbonyl (C=O) groups is 1. The summed E-state index contributed by atoms with van der Waals surface area (Å²) < 4.78 is 301. The van der Waals surface area contributed by atoms with Gasteiger partial charge in [-0.25, -0.2) is 92.8 Å². The molecule has 0 aliphatic heterocycles. The summed E-state index contributed by atoms with van der Waals surface area (Å²) in [4.78, 5) is 16.0. The largest absolute Gasteiger partial charge is 0.463 e. The number of Topliss-reactive ketones (excluding diaryl/α,β-unsaturated/α-hetero) is 1. The fourth-order valence-corrected chi connectivity index (χ4v) is 6.54. The molecule has 0 saturated carbocycles. The van der Waals surface area contributed by atoms with Crippen molar-refractivity contribution in [2.24, 2.45) is 0 Å². The average Bonchev–Trinajstić information content (AvgIpc) is 3.27. The predicted molar refractivity (Wildman–Crippen MR) is 179 cm³/mol. The molecule has 1 heterocycles. The van der Waals surface area contributed by atoms with Gasteiger partial charge in [0, 0.05) is 5.56 Å². The Kier molecular flexibility index (Phi) is 13.8. The molecule has 0 saturated heterocycles. The first-order valence-electron chi connectivity index (χ1n) is 16.4. The highest BCUT2D eigenvalue weighted by molar-refractivity contribution is 7.80. The Morgan fingerprint density at radius 2 is 0.762 bits per heavy atom. The van der Waals surface area contributed by atoms with Gasteiger partial charge in [0.25, 0.3) is 5.88 Å². The van der Waals surface area contributed by atoms with E-state index in [0.717, 1.165) is 0 Å². The quantitative estimate of drug-likeness (QED) is 0.0241.